The molecule has 0 atom stereocenters. The van der Waals surface area contributed by atoms with Crippen molar-refractivity contribution < 1.29 is 0 Å². The van der Waals surface area contributed by atoms with Gasteiger partial charge in [-0.05, 0) is 50.0 Å². The average molecular weight is 348 g/mol. The molecule has 0 aliphatic carbocycles. The van der Waals surface area contributed by atoms with Crippen LogP contribution in [-0.2, 0) is 13.0 Å². The Balaban J connectivity index is 3.06. The van der Waals surface area contributed by atoms with Crippen LogP contribution in [0, 0.1) is 3.57 Å². The van der Waals surface area contributed by atoms with Gasteiger partial charge < -0.3 is 10.2 Å². The van der Waals surface area contributed by atoms with Crippen molar-refractivity contribution in [2.75, 3.05) is 26.0 Å². The number of aryl methyl sites for hydroxylation is 1. The van der Waals surface area contributed by atoms with Crippen molar-refractivity contribution in [2.45, 2.75) is 33.2 Å². The third-order valence-electron chi connectivity index (χ3n) is 2.25. The lowest BCUT2D eigenvalue weighted by molar-refractivity contribution is 0.389. The van der Waals surface area contributed by atoms with Crippen LogP contribution < -0.4 is 5.32 Å². The van der Waals surface area contributed by atoms with E-state index >= 15 is 0 Å². The highest BCUT2D eigenvalue weighted by Gasteiger charge is 2.11. The first-order valence-electron chi connectivity index (χ1n) is 6.02. The van der Waals surface area contributed by atoms with Crippen LogP contribution >= 0.6 is 22.6 Å². The molecule has 0 amide bonds. The Morgan fingerprint density at radius 1 is 1.24 bits per heavy atom. The molecule has 0 saturated heterocycles. The normalized spacial score (nSPS) is 10.9. The number of hydrogen-bond acceptors (Lipinski definition) is 4. The summed E-state index contributed by atoms with van der Waals surface area (Å²) in [6.45, 7) is 5.94. The van der Waals surface area contributed by atoms with E-state index < -0.39 is 0 Å². The van der Waals surface area contributed by atoms with Crippen molar-refractivity contribution in [3.8, 4) is 0 Å². The zero-order valence-corrected chi connectivity index (χ0v) is 13.2. The van der Waals surface area contributed by atoms with Gasteiger partial charge in [-0.3, -0.25) is 0 Å². The van der Waals surface area contributed by atoms with Crippen molar-refractivity contribution in [1.29, 1.82) is 0 Å². The first-order chi connectivity index (χ1) is 8.08. The van der Waals surface area contributed by atoms with Gasteiger partial charge in [0.05, 0.1) is 15.8 Å². The van der Waals surface area contributed by atoms with Crippen LogP contribution in [-0.4, -0.2) is 35.5 Å². The van der Waals surface area contributed by atoms with Crippen molar-refractivity contribution in [1.82, 2.24) is 14.9 Å². The molecular weight excluding hydrogens is 327 g/mol. The molecule has 0 aromatic carbocycles. The van der Waals surface area contributed by atoms with Crippen LogP contribution in [0.25, 0.3) is 0 Å². The Morgan fingerprint density at radius 2 is 1.94 bits per heavy atom. The molecule has 0 saturated carbocycles. The molecule has 0 radical (unpaired) electrons. The highest BCUT2D eigenvalue weighted by Crippen LogP contribution is 2.20. The van der Waals surface area contributed by atoms with E-state index in [0.717, 1.165) is 46.8 Å². The largest absolute Gasteiger partial charge is 0.369 e. The maximum atomic E-state index is 4.64. The van der Waals surface area contributed by atoms with Gasteiger partial charge in [0.1, 0.15) is 11.6 Å². The minimum Gasteiger partial charge on any atom is -0.369 e. The summed E-state index contributed by atoms with van der Waals surface area (Å²) in [4.78, 5) is 11.3. The third-order valence-corrected chi connectivity index (χ3v) is 3.39. The van der Waals surface area contributed by atoms with E-state index in [1.807, 2.05) is 14.1 Å². The fraction of sp³-hybridized carbons (Fsp3) is 0.667. The van der Waals surface area contributed by atoms with Gasteiger partial charge in [0.15, 0.2) is 0 Å². The molecule has 96 valence electrons. The second-order valence-electron chi connectivity index (χ2n) is 4.27. The number of rotatable bonds is 6. The van der Waals surface area contributed by atoms with Gasteiger partial charge >= 0.3 is 0 Å². The number of hydrogen-bond donors (Lipinski definition) is 1. The maximum Gasteiger partial charge on any atom is 0.145 e. The number of nitrogens with one attached hydrogen (secondary N) is 1. The standard InChI is InChI=1S/C12H21IN4/c1-5-7-9-11(13)12(14-6-2)16-10(15-9)8-17(3)4/h5-8H2,1-4H3,(H,14,15,16). The minimum absolute atomic E-state index is 0.784. The van der Waals surface area contributed by atoms with E-state index in [1.54, 1.807) is 0 Å². The first-order valence-corrected chi connectivity index (χ1v) is 7.10. The van der Waals surface area contributed by atoms with Gasteiger partial charge in [0.2, 0.25) is 0 Å². The second-order valence-corrected chi connectivity index (χ2v) is 5.35. The highest BCUT2D eigenvalue weighted by molar-refractivity contribution is 14.1. The predicted molar refractivity (Wildman–Crippen MR) is 80.3 cm³/mol. The van der Waals surface area contributed by atoms with Crippen LogP contribution in [0.5, 0.6) is 0 Å². The molecule has 0 fully saturated rings. The van der Waals surface area contributed by atoms with Gasteiger partial charge in [0.25, 0.3) is 0 Å². The summed E-state index contributed by atoms with van der Waals surface area (Å²) in [7, 11) is 4.07. The fourth-order valence-corrected chi connectivity index (χ4v) is 2.29. The molecule has 1 rings (SSSR count). The molecule has 1 heterocycles. The first kappa shape index (κ1) is 14.6. The fourth-order valence-electron chi connectivity index (χ4n) is 1.59. The molecule has 0 aliphatic heterocycles. The Hall–Kier alpha value is -0.430. The Morgan fingerprint density at radius 3 is 2.47 bits per heavy atom. The van der Waals surface area contributed by atoms with E-state index in [9.17, 15) is 0 Å². The molecule has 5 heteroatoms. The Labute approximate surface area is 117 Å². The van der Waals surface area contributed by atoms with E-state index in [4.69, 9.17) is 0 Å². The quantitative estimate of drug-likeness (QED) is 0.803. The molecule has 0 aliphatic rings. The number of nitrogens with zero attached hydrogens (tertiary/aromatic N) is 3. The lowest BCUT2D eigenvalue weighted by Crippen LogP contribution is -2.16. The molecule has 0 bridgehead atoms. The molecule has 4 nitrogen and oxygen atoms in total. The van der Waals surface area contributed by atoms with Crippen LogP contribution in [0.1, 0.15) is 31.8 Å². The molecule has 0 unspecified atom stereocenters. The summed E-state index contributed by atoms with van der Waals surface area (Å²) in [5, 5.41) is 3.31. The van der Waals surface area contributed by atoms with Crippen molar-refractivity contribution in [3.05, 3.63) is 15.1 Å². The topological polar surface area (TPSA) is 41.1 Å². The summed E-state index contributed by atoms with van der Waals surface area (Å²) in [6, 6.07) is 0. The van der Waals surface area contributed by atoms with Crippen molar-refractivity contribution in [2.24, 2.45) is 0 Å². The van der Waals surface area contributed by atoms with Crippen molar-refractivity contribution >= 4 is 28.4 Å². The van der Waals surface area contributed by atoms with E-state index in [-0.39, 0.29) is 0 Å². The van der Waals surface area contributed by atoms with E-state index in [1.165, 1.54) is 0 Å². The van der Waals surface area contributed by atoms with Gasteiger partial charge in [0, 0.05) is 6.54 Å². The number of anilines is 1. The van der Waals surface area contributed by atoms with Crippen molar-refractivity contribution in [3.63, 3.8) is 0 Å². The summed E-state index contributed by atoms with van der Waals surface area (Å²) in [5.41, 5.74) is 1.16. The van der Waals surface area contributed by atoms with E-state index in [0.29, 0.717) is 0 Å². The molecule has 0 spiro atoms. The monoisotopic (exact) mass is 348 g/mol. The zero-order valence-electron chi connectivity index (χ0n) is 11.0. The molecular formula is C12H21IN4. The molecule has 17 heavy (non-hydrogen) atoms. The van der Waals surface area contributed by atoms with Crippen LogP contribution in [0.4, 0.5) is 5.82 Å². The smallest absolute Gasteiger partial charge is 0.145 e. The lowest BCUT2D eigenvalue weighted by Gasteiger charge is -2.14. The van der Waals surface area contributed by atoms with Gasteiger partial charge in [-0.1, -0.05) is 13.3 Å². The second kappa shape index (κ2) is 7.10. The minimum atomic E-state index is 0.784. The predicted octanol–water partition coefficient (Wildman–Crippen LogP) is 2.53. The van der Waals surface area contributed by atoms with Crippen LogP contribution in [0.3, 0.4) is 0 Å². The Kier molecular flexibility index (Phi) is 6.11. The average Bonchev–Trinajstić information content (AvgIpc) is 2.24. The summed E-state index contributed by atoms with van der Waals surface area (Å²) in [6.07, 6.45) is 2.12. The molecule has 1 aromatic rings. The third kappa shape index (κ3) is 4.39. The van der Waals surface area contributed by atoms with Gasteiger partial charge in [-0.25, -0.2) is 9.97 Å². The maximum absolute atomic E-state index is 4.64. The zero-order chi connectivity index (χ0) is 12.8. The molecule has 1 aromatic heterocycles. The summed E-state index contributed by atoms with van der Waals surface area (Å²) in [5.74, 6) is 1.87. The number of halogens is 1. The molecule has 1 N–H and O–H groups in total. The summed E-state index contributed by atoms with van der Waals surface area (Å²) >= 11 is 2.34. The highest BCUT2D eigenvalue weighted by atomic mass is 127. The SMILES string of the molecule is CCCc1nc(CN(C)C)nc(NCC)c1I. The number of aromatic nitrogens is 2. The van der Waals surface area contributed by atoms with E-state index in [2.05, 4.69) is 56.6 Å². The Bertz CT molecular complexity index is 339. The lowest BCUT2D eigenvalue weighted by atomic mass is 10.2. The van der Waals surface area contributed by atoms with Gasteiger partial charge in [-0.15, -0.1) is 0 Å². The van der Waals surface area contributed by atoms with Gasteiger partial charge in [-0.2, -0.15) is 0 Å². The van der Waals surface area contributed by atoms with Crippen LogP contribution in [0.15, 0.2) is 0 Å². The summed E-state index contributed by atoms with van der Waals surface area (Å²) < 4.78 is 1.16. The van der Waals surface area contributed by atoms with Crippen LogP contribution in [0.2, 0.25) is 0 Å².